The summed E-state index contributed by atoms with van der Waals surface area (Å²) in [6.45, 7) is 0.0289. The Kier molecular flexibility index (Phi) is 12.0. The van der Waals surface area contributed by atoms with Crippen molar-refractivity contribution in [1.29, 1.82) is 0 Å². The summed E-state index contributed by atoms with van der Waals surface area (Å²) in [5.41, 5.74) is 0.662. The molecule has 0 radical (unpaired) electrons. The fourth-order valence-corrected chi connectivity index (χ4v) is 1.31. The third-order valence-corrected chi connectivity index (χ3v) is 2.42. The molecule has 0 spiro atoms. The summed E-state index contributed by atoms with van der Waals surface area (Å²) in [7, 11) is 0. The highest BCUT2D eigenvalue weighted by Crippen LogP contribution is 1.96. The van der Waals surface area contributed by atoms with Crippen LogP contribution in [0.25, 0.3) is 0 Å². The molecule has 0 bridgehead atoms. The van der Waals surface area contributed by atoms with Gasteiger partial charge in [0.1, 0.15) is 0 Å². The first-order valence-electron chi connectivity index (χ1n) is 6.96. The van der Waals surface area contributed by atoms with Gasteiger partial charge in [0.15, 0.2) is 0 Å². The van der Waals surface area contributed by atoms with Gasteiger partial charge in [-0.05, 0) is 24.3 Å². The van der Waals surface area contributed by atoms with Crippen molar-refractivity contribution in [3.05, 3.63) is 83.9 Å². The van der Waals surface area contributed by atoms with Gasteiger partial charge in [-0.2, -0.15) is 0 Å². The van der Waals surface area contributed by atoms with Crippen LogP contribution in [-0.2, 0) is 0 Å². The number of carbonyl (C=O) groups is 2. The van der Waals surface area contributed by atoms with E-state index < -0.39 is 11.9 Å². The van der Waals surface area contributed by atoms with Gasteiger partial charge in [-0.1, -0.05) is 48.6 Å². The second-order valence-corrected chi connectivity index (χ2v) is 4.18. The Labute approximate surface area is 140 Å². The van der Waals surface area contributed by atoms with E-state index in [-0.39, 0.29) is 13.2 Å². The Morgan fingerprint density at radius 3 is 1.12 bits per heavy atom. The maximum absolute atomic E-state index is 10.2. The SMILES string of the molecule is O=C(O)c1ccccc1.O=C(O)c1ccccc1.OCC=CCO. The minimum atomic E-state index is -0.879. The van der Waals surface area contributed by atoms with Crippen LogP contribution in [0.2, 0.25) is 0 Å². The predicted molar refractivity (Wildman–Crippen MR) is 90.1 cm³/mol. The first-order valence-corrected chi connectivity index (χ1v) is 6.96. The van der Waals surface area contributed by atoms with Crippen LogP contribution in [0.15, 0.2) is 72.8 Å². The van der Waals surface area contributed by atoms with Gasteiger partial charge in [0, 0.05) is 0 Å². The van der Waals surface area contributed by atoms with Crippen LogP contribution in [0.1, 0.15) is 20.7 Å². The Balaban J connectivity index is 0.000000340. The zero-order valence-corrected chi connectivity index (χ0v) is 12.9. The topological polar surface area (TPSA) is 115 Å². The predicted octanol–water partition coefficient (Wildman–Crippen LogP) is 2.30. The van der Waals surface area contributed by atoms with Crippen molar-refractivity contribution < 1.29 is 30.0 Å². The van der Waals surface area contributed by atoms with Crippen LogP contribution in [0.5, 0.6) is 0 Å². The molecule has 0 heterocycles. The third kappa shape index (κ3) is 10.7. The summed E-state index contributed by atoms with van der Waals surface area (Å²) < 4.78 is 0. The zero-order chi connectivity index (χ0) is 18.2. The monoisotopic (exact) mass is 332 g/mol. The number of aliphatic hydroxyl groups is 2. The van der Waals surface area contributed by atoms with Crippen molar-refractivity contribution in [2.75, 3.05) is 13.2 Å². The van der Waals surface area contributed by atoms with Gasteiger partial charge < -0.3 is 20.4 Å². The summed E-state index contributed by atoms with van der Waals surface area (Å²) in [4.78, 5) is 20.4. The zero-order valence-electron chi connectivity index (χ0n) is 12.9. The van der Waals surface area contributed by atoms with Gasteiger partial charge in [0.25, 0.3) is 0 Å². The summed E-state index contributed by atoms with van der Waals surface area (Å²) in [5, 5.41) is 32.8. The van der Waals surface area contributed by atoms with Crippen molar-refractivity contribution in [3.8, 4) is 0 Å². The van der Waals surface area contributed by atoms with Crippen LogP contribution in [0.4, 0.5) is 0 Å². The summed E-state index contributed by atoms with van der Waals surface area (Å²) in [6.07, 6.45) is 2.97. The molecular weight excluding hydrogens is 312 g/mol. The smallest absolute Gasteiger partial charge is 0.335 e. The van der Waals surface area contributed by atoms with Crippen molar-refractivity contribution in [2.24, 2.45) is 0 Å². The number of hydrogen-bond donors (Lipinski definition) is 4. The molecule has 0 atom stereocenters. The number of rotatable bonds is 4. The minimum absolute atomic E-state index is 0.0144. The van der Waals surface area contributed by atoms with E-state index in [0.29, 0.717) is 11.1 Å². The normalized spacial score (nSPS) is 9.25. The molecule has 4 N–H and O–H groups in total. The highest BCUT2D eigenvalue weighted by molar-refractivity contribution is 5.87. The molecule has 0 aliphatic heterocycles. The lowest BCUT2D eigenvalue weighted by molar-refractivity contribution is 0.0686. The first kappa shape index (κ1) is 21.0. The van der Waals surface area contributed by atoms with Crippen molar-refractivity contribution >= 4 is 11.9 Å². The maximum atomic E-state index is 10.2. The number of carboxylic acid groups (broad SMARTS) is 2. The van der Waals surface area contributed by atoms with E-state index in [1.54, 1.807) is 60.7 Å². The van der Waals surface area contributed by atoms with Gasteiger partial charge in [-0.25, -0.2) is 9.59 Å². The molecule has 0 aromatic heterocycles. The molecule has 0 aliphatic rings. The molecule has 2 aromatic rings. The highest BCUT2D eigenvalue weighted by atomic mass is 16.4. The Morgan fingerprint density at radius 2 is 0.958 bits per heavy atom. The second kappa shape index (κ2) is 13.7. The molecule has 6 heteroatoms. The molecule has 0 saturated heterocycles. The van der Waals surface area contributed by atoms with Crippen LogP contribution in [0.3, 0.4) is 0 Å². The molecule has 0 amide bonds. The lowest BCUT2D eigenvalue weighted by Gasteiger charge is -1.88. The van der Waals surface area contributed by atoms with Gasteiger partial charge in [0.05, 0.1) is 24.3 Å². The molecule has 0 unspecified atom stereocenters. The van der Waals surface area contributed by atoms with Crippen LogP contribution < -0.4 is 0 Å². The summed E-state index contributed by atoms with van der Waals surface area (Å²) >= 11 is 0. The number of aromatic carboxylic acids is 2. The van der Waals surface area contributed by atoms with Gasteiger partial charge in [-0.15, -0.1) is 0 Å². The number of carboxylic acids is 2. The molecule has 6 nitrogen and oxygen atoms in total. The molecule has 2 rings (SSSR count). The largest absolute Gasteiger partial charge is 0.478 e. The van der Waals surface area contributed by atoms with E-state index in [4.69, 9.17) is 20.4 Å². The van der Waals surface area contributed by atoms with Crippen molar-refractivity contribution in [2.45, 2.75) is 0 Å². The lowest BCUT2D eigenvalue weighted by Crippen LogP contribution is -1.93. The fourth-order valence-electron chi connectivity index (χ4n) is 1.31. The van der Waals surface area contributed by atoms with E-state index in [9.17, 15) is 9.59 Å². The second-order valence-electron chi connectivity index (χ2n) is 4.18. The molecule has 0 aliphatic carbocycles. The van der Waals surface area contributed by atoms with Gasteiger partial charge in [-0.3, -0.25) is 0 Å². The molecule has 0 fully saturated rings. The molecule has 24 heavy (non-hydrogen) atoms. The maximum Gasteiger partial charge on any atom is 0.335 e. The minimum Gasteiger partial charge on any atom is -0.478 e. The Bertz CT molecular complexity index is 552. The molecule has 2 aromatic carbocycles. The fraction of sp³-hybridized carbons (Fsp3) is 0.111. The van der Waals surface area contributed by atoms with E-state index in [2.05, 4.69) is 0 Å². The highest BCUT2D eigenvalue weighted by Gasteiger charge is 1.97. The van der Waals surface area contributed by atoms with Crippen LogP contribution in [0, 0.1) is 0 Å². The Morgan fingerprint density at radius 1 is 0.667 bits per heavy atom. The van der Waals surface area contributed by atoms with E-state index in [1.807, 2.05) is 0 Å². The van der Waals surface area contributed by atoms with Crippen molar-refractivity contribution in [1.82, 2.24) is 0 Å². The van der Waals surface area contributed by atoms with Crippen LogP contribution in [-0.4, -0.2) is 45.6 Å². The van der Waals surface area contributed by atoms with E-state index >= 15 is 0 Å². The summed E-state index contributed by atoms with van der Waals surface area (Å²) in [6, 6.07) is 16.6. The Hall–Kier alpha value is -2.96. The number of hydrogen-bond acceptors (Lipinski definition) is 4. The third-order valence-electron chi connectivity index (χ3n) is 2.42. The van der Waals surface area contributed by atoms with Gasteiger partial charge >= 0.3 is 11.9 Å². The number of benzene rings is 2. The van der Waals surface area contributed by atoms with E-state index in [1.165, 1.54) is 12.2 Å². The average Bonchev–Trinajstić information content (AvgIpc) is 2.62. The first-order chi connectivity index (χ1) is 11.5. The standard InChI is InChI=1S/2C7H6O2.C4H8O2/c2*8-7(9)6-4-2-1-3-5-6;5-3-1-2-4-6/h2*1-5H,(H,8,9);1-2,5-6H,3-4H2. The van der Waals surface area contributed by atoms with Crippen molar-refractivity contribution in [3.63, 3.8) is 0 Å². The summed E-state index contributed by atoms with van der Waals surface area (Å²) in [5.74, 6) is -1.76. The molecule has 0 saturated carbocycles. The molecular formula is C18H20O6. The lowest BCUT2D eigenvalue weighted by atomic mass is 10.2. The average molecular weight is 332 g/mol. The van der Waals surface area contributed by atoms with E-state index in [0.717, 1.165) is 0 Å². The molecule has 128 valence electrons. The number of aliphatic hydroxyl groups excluding tert-OH is 2. The van der Waals surface area contributed by atoms with Crippen LogP contribution >= 0.6 is 0 Å². The van der Waals surface area contributed by atoms with Gasteiger partial charge in [0.2, 0.25) is 0 Å². The quantitative estimate of drug-likeness (QED) is 0.639.